The Kier molecular flexibility index (Phi) is 5.43. The van der Waals surface area contributed by atoms with Crippen LogP contribution in [-0.4, -0.2) is 5.16 Å². The van der Waals surface area contributed by atoms with Crippen LogP contribution in [0.4, 0.5) is 0 Å². The Morgan fingerprint density at radius 2 is 1.26 bits per heavy atom. The molecule has 0 aliphatic rings. The van der Waals surface area contributed by atoms with Crippen LogP contribution in [0.25, 0.3) is 22.5 Å². The van der Waals surface area contributed by atoms with Gasteiger partial charge in [-0.1, -0.05) is 70.0 Å². The molecule has 0 aliphatic carbocycles. The molecule has 2 aromatic carbocycles. The molecule has 120 valence electrons. The van der Waals surface area contributed by atoms with E-state index < -0.39 is 10.2 Å². The molecule has 0 radical (unpaired) electrons. The van der Waals surface area contributed by atoms with E-state index in [2.05, 4.69) is 17.3 Å². The number of benzene rings is 2. The van der Waals surface area contributed by atoms with Crippen LogP contribution in [0.5, 0.6) is 0 Å². The minimum atomic E-state index is -4.94. The zero-order valence-electron chi connectivity index (χ0n) is 12.1. The van der Waals surface area contributed by atoms with Crippen molar-refractivity contribution < 1.29 is 38.2 Å². The fourth-order valence-corrected chi connectivity index (χ4v) is 2.04. The Hall–Kier alpha value is -2.29. The lowest BCUT2D eigenvalue weighted by Gasteiger charge is -2.17. The van der Waals surface area contributed by atoms with Gasteiger partial charge in [-0.05, 0) is 0 Å². The first-order chi connectivity index (χ1) is 10.9. The summed E-state index contributed by atoms with van der Waals surface area (Å²) < 4.78 is 40.9. The summed E-state index contributed by atoms with van der Waals surface area (Å²) in [5.74, 6) is 0. The topological polar surface area (TPSA) is 122 Å². The summed E-state index contributed by atoms with van der Waals surface area (Å²) in [7, 11) is -3.08. The number of hydrogen-bond donors (Lipinski definition) is 0. The SMILES string of the molecule is C[n+]1onc(-c2ccccc2)c1-c1ccccc1.[O-][Cl+3]([O-])([O-])[O-]. The first kappa shape index (κ1) is 17.1. The van der Waals surface area contributed by atoms with Gasteiger partial charge in [-0.3, -0.25) is 0 Å². The maximum atomic E-state index is 8.49. The Balaban J connectivity index is 0.000000338. The number of aromatic nitrogens is 2. The molecule has 1 aromatic heterocycles. The zero-order chi connectivity index (χ0) is 16.9. The average molecular weight is 337 g/mol. The van der Waals surface area contributed by atoms with E-state index in [0.29, 0.717) is 0 Å². The van der Waals surface area contributed by atoms with Crippen molar-refractivity contribution >= 4 is 0 Å². The van der Waals surface area contributed by atoms with Crippen molar-refractivity contribution in [3.05, 3.63) is 60.7 Å². The smallest absolute Gasteiger partial charge is 0.222 e. The summed E-state index contributed by atoms with van der Waals surface area (Å²) in [4.78, 5) is 0. The fraction of sp³-hybridized carbons (Fsp3) is 0.0667. The Morgan fingerprint density at radius 1 is 0.826 bits per heavy atom. The van der Waals surface area contributed by atoms with Crippen LogP contribution in [0.2, 0.25) is 0 Å². The molecule has 7 nitrogen and oxygen atoms in total. The third-order valence-corrected chi connectivity index (χ3v) is 2.89. The van der Waals surface area contributed by atoms with E-state index in [1.54, 1.807) is 4.74 Å². The molecule has 1 heterocycles. The van der Waals surface area contributed by atoms with Crippen molar-refractivity contribution in [1.82, 2.24) is 5.16 Å². The van der Waals surface area contributed by atoms with Crippen molar-refractivity contribution in [3.63, 3.8) is 0 Å². The maximum Gasteiger partial charge on any atom is 0.281 e. The Bertz CT molecular complexity index is 736. The average Bonchev–Trinajstić information content (AvgIpc) is 2.89. The quantitative estimate of drug-likeness (QED) is 0.503. The number of halogens is 1. The van der Waals surface area contributed by atoms with Crippen LogP contribution >= 0.6 is 0 Å². The summed E-state index contributed by atoms with van der Waals surface area (Å²) in [5, 5.41) is 4.15. The van der Waals surface area contributed by atoms with Crippen molar-refractivity contribution in [3.8, 4) is 22.5 Å². The summed E-state index contributed by atoms with van der Waals surface area (Å²) >= 11 is 0. The molecule has 0 atom stereocenters. The van der Waals surface area contributed by atoms with E-state index in [0.717, 1.165) is 22.5 Å². The first-order valence-electron chi connectivity index (χ1n) is 6.45. The van der Waals surface area contributed by atoms with Crippen LogP contribution in [0, 0.1) is 10.2 Å². The van der Waals surface area contributed by atoms with Gasteiger partial charge in [0.25, 0.3) is 5.69 Å². The van der Waals surface area contributed by atoms with Crippen molar-refractivity contribution in [2.75, 3.05) is 0 Å². The molecule has 0 spiro atoms. The van der Waals surface area contributed by atoms with Crippen molar-refractivity contribution in [2.24, 2.45) is 7.05 Å². The largest absolute Gasteiger partial charge is 0.281 e. The molecule has 3 aromatic rings. The van der Waals surface area contributed by atoms with Gasteiger partial charge >= 0.3 is 0 Å². The Morgan fingerprint density at radius 3 is 1.74 bits per heavy atom. The van der Waals surface area contributed by atoms with Gasteiger partial charge in [0, 0.05) is 11.1 Å². The van der Waals surface area contributed by atoms with Gasteiger partial charge in [0.15, 0.2) is 5.16 Å². The van der Waals surface area contributed by atoms with Gasteiger partial charge in [-0.25, -0.2) is 18.6 Å². The van der Waals surface area contributed by atoms with Crippen LogP contribution in [0.3, 0.4) is 0 Å². The molecule has 0 bridgehead atoms. The predicted molar refractivity (Wildman–Crippen MR) is 68.6 cm³/mol. The fourth-order valence-electron chi connectivity index (χ4n) is 2.04. The maximum absolute atomic E-state index is 8.49. The normalized spacial score (nSPS) is 10.8. The monoisotopic (exact) mass is 336 g/mol. The molecule has 0 unspecified atom stereocenters. The van der Waals surface area contributed by atoms with E-state index in [-0.39, 0.29) is 0 Å². The molecule has 0 N–H and O–H groups in total. The predicted octanol–water partition coefficient (Wildman–Crippen LogP) is -1.92. The minimum Gasteiger partial charge on any atom is -0.222 e. The minimum absolute atomic E-state index is 0.865. The van der Waals surface area contributed by atoms with Gasteiger partial charge in [0.05, 0.1) is 0 Å². The van der Waals surface area contributed by atoms with Crippen LogP contribution in [0.15, 0.2) is 65.3 Å². The molecule has 0 amide bonds. The number of hydrogen-bond acceptors (Lipinski definition) is 6. The third kappa shape index (κ3) is 5.13. The standard InChI is InChI=1S/C15H13N2O.ClHO4/c1-17-15(13-10-6-3-7-11-13)14(16-18-17)12-8-4-2-5-9-12;2-1(3,4)5/h2-11H,1H3;(H,2,3,4,5)/q+1;/p-1. The van der Waals surface area contributed by atoms with Gasteiger partial charge in [-0.15, -0.1) is 10.2 Å². The molecule has 0 saturated carbocycles. The van der Waals surface area contributed by atoms with E-state index in [4.69, 9.17) is 23.3 Å². The number of rotatable bonds is 2. The summed E-state index contributed by atoms with van der Waals surface area (Å²) in [6, 6.07) is 20.2. The second-order valence-corrected chi connectivity index (χ2v) is 5.23. The lowest BCUT2D eigenvalue weighted by molar-refractivity contribution is -2.00. The Labute approximate surface area is 134 Å². The third-order valence-electron chi connectivity index (χ3n) is 2.89. The second-order valence-electron chi connectivity index (χ2n) is 4.48. The zero-order valence-corrected chi connectivity index (χ0v) is 12.8. The van der Waals surface area contributed by atoms with Crippen LogP contribution in [0.1, 0.15) is 0 Å². The highest BCUT2D eigenvalue weighted by Gasteiger charge is 2.24. The molecule has 3 rings (SSSR count). The van der Waals surface area contributed by atoms with Gasteiger partial charge < -0.3 is 0 Å². The van der Waals surface area contributed by atoms with E-state index in [9.17, 15) is 0 Å². The molecule has 23 heavy (non-hydrogen) atoms. The first-order valence-corrected chi connectivity index (χ1v) is 7.68. The molecule has 0 fully saturated rings. The highest BCUT2D eigenvalue weighted by molar-refractivity contribution is 5.75. The molecule has 8 heteroatoms. The van der Waals surface area contributed by atoms with E-state index in [1.165, 1.54) is 0 Å². The molecular formula is C15H13ClN2O5. The highest BCUT2D eigenvalue weighted by atomic mass is 35.7. The van der Waals surface area contributed by atoms with E-state index in [1.807, 2.05) is 55.6 Å². The lowest BCUT2D eigenvalue weighted by Crippen LogP contribution is -2.68. The summed E-state index contributed by atoms with van der Waals surface area (Å²) in [5.41, 5.74) is 4.01. The molecule has 0 saturated heterocycles. The summed E-state index contributed by atoms with van der Waals surface area (Å²) in [6.45, 7) is 0. The number of nitrogens with zero attached hydrogens (tertiary/aromatic N) is 2. The summed E-state index contributed by atoms with van der Waals surface area (Å²) in [6.07, 6.45) is 0. The van der Waals surface area contributed by atoms with Gasteiger partial charge in [-0.2, -0.15) is 0 Å². The second kappa shape index (κ2) is 7.32. The van der Waals surface area contributed by atoms with E-state index >= 15 is 0 Å². The van der Waals surface area contributed by atoms with Crippen molar-refractivity contribution in [1.29, 1.82) is 0 Å². The number of aryl methyl sites for hydroxylation is 1. The van der Waals surface area contributed by atoms with Crippen LogP contribution in [-0.2, 0) is 7.05 Å². The molecular weight excluding hydrogens is 324 g/mol. The lowest BCUT2D eigenvalue weighted by atomic mass is 10.1. The highest BCUT2D eigenvalue weighted by Crippen LogP contribution is 2.27. The van der Waals surface area contributed by atoms with Gasteiger partial charge in [0.1, 0.15) is 7.05 Å². The van der Waals surface area contributed by atoms with Crippen LogP contribution < -0.4 is 23.4 Å². The van der Waals surface area contributed by atoms with Crippen molar-refractivity contribution in [2.45, 2.75) is 0 Å². The van der Waals surface area contributed by atoms with Gasteiger partial charge in [0.2, 0.25) is 5.69 Å². The molecule has 0 aliphatic heterocycles.